The Morgan fingerprint density at radius 1 is 1.29 bits per heavy atom. The molecule has 0 aliphatic carbocycles. The van der Waals surface area contributed by atoms with Gasteiger partial charge in [0, 0.05) is 10.5 Å². The lowest BCUT2D eigenvalue weighted by Crippen LogP contribution is -2.28. The van der Waals surface area contributed by atoms with Crippen LogP contribution in [0.4, 0.5) is 0 Å². The molecule has 1 rings (SSSR count). The van der Waals surface area contributed by atoms with Crippen LogP contribution in [0.2, 0.25) is 0 Å². The van der Waals surface area contributed by atoms with Gasteiger partial charge in [-0.1, -0.05) is 54.8 Å². The van der Waals surface area contributed by atoms with Crippen LogP contribution in [0.25, 0.3) is 0 Å². The number of rotatable bonds is 6. The fraction of sp³-hybridized carbons (Fsp3) is 0.571. The van der Waals surface area contributed by atoms with Crippen molar-refractivity contribution in [2.24, 2.45) is 11.8 Å². The number of halogens is 1. The molecule has 3 N–H and O–H groups in total. The average Bonchev–Trinajstić information content (AvgIpc) is 2.28. The Hall–Kier alpha value is -0.380. The highest BCUT2D eigenvalue weighted by Gasteiger charge is 2.10. The first-order valence-corrected chi connectivity index (χ1v) is 7.06. The average molecular weight is 299 g/mol. The van der Waals surface area contributed by atoms with Gasteiger partial charge in [0.25, 0.3) is 0 Å². The Morgan fingerprint density at radius 3 is 2.53 bits per heavy atom. The molecule has 1 aromatic carbocycles. The first kappa shape index (κ1) is 14.7. The maximum Gasteiger partial charge on any atom is 0.0460 e. The summed E-state index contributed by atoms with van der Waals surface area (Å²) in [6.45, 7) is 6.61. The standard InChI is InChI=1S/C14H23BrN2/c1-10(2)5-4-6-14(17-16)12-8-7-11(3)13(15)9-12/h7-10,14,17H,4-6,16H2,1-3H3. The first-order valence-electron chi connectivity index (χ1n) is 6.26. The third-order valence-electron chi connectivity index (χ3n) is 3.07. The quantitative estimate of drug-likeness (QED) is 0.613. The molecule has 0 aliphatic heterocycles. The van der Waals surface area contributed by atoms with Crippen molar-refractivity contribution >= 4 is 15.9 Å². The summed E-state index contributed by atoms with van der Waals surface area (Å²) in [5.41, 5.74) is 5.43. The Balaban J connectivity index is 2.62. The largest absolute Gasteiger partial charge is 0.271 e. The van der Waals surface area contributed by atoms with E-state index in [9.17, 15) is 0 Å². The van der Waals surface area contributed by atoms with E-state index in [-0.39, 0.29) is 6.04 Å². The van der Waals surface area contributed by atoms with Crippen molar-refractivity contribution in [1.29, 1.82) is 0 Å². The molecule has 17 heavy (non-hydrogen) atoms. The summed E-state index contributed by atoms with van der Waals surface area (Å²) in [6.07, 6.45) is 3.55. The minimum atomic E-state index is 0.255. The van der Waals surface area contributed by atoms with E-state index in [1.54, 1.807) is 0 Å². The molecular formula is C14H23BrN2. The van der Waals surface area contributed by atoms with Crippen LogP contribution in [-0.2, 0) is 0 Å². The zero-order valence-electron chi connectivity index (χ0n) is 11.0. The molecule has 0 fully saturated rings. The highest BCUT2D eigenvalue weighted by Crippen LogP contribution is 2.25. The van der Waals surface area contributed by atoms with Gasteiger partial charge >= 0.3 is 0 Å². The second-order valence-electron chi connectivity index (χ2n) is 5.05. The molecular weight excluding hydrogens is 276 g/mol. The van der Waals surface area contributed by atoms with Crippen LogP contribution in [-0.4, -0.2) is 0 Å². The summed E-state index contributed by atoms with van der Waals surface area (Å²) < 4.78 is 1.15. The lowest BCUT2D eigenvalue weighted by molar-refractivity contribution is 0.455. The number of nitrogens with two attached hydrogens (primary N) is 1. The fourth-order valence-electron chi connectivity index (χ4n) is 1.90. The molecule has 96 valence electrons. The third kappa shape index (κ3) is 4.78. The molecule has 0 saturated heterocycles. The highest BCUT2D eigenvalue weighted by molar-refractivity contribution is 9.10. The van der Waals surface area contributed by atoms with E-state index >= 15 is 0 Å². The zero-order valence-corrected chi connectivity index (χ0v) is 12.5. The maximum absolute atomic E-state index is 5.64. The van der Waals surface area contributed by atoms with Crippen molar-refractivity contribution in [2.45, 2.75) is 46.1 Å². The molecule has 0 aliphatic rings. The van der Waals surface area contributed by atoms with Gasteiger partial charge in [-0.2, -0.15) is 0 Å². The molecule has 0 radical (unpaired) electrons. The second-order valence-corrected chi connectivity index (χ2v) is 5.91. The molecule has 1 unspecified atom stereocenters. The van der Waals surface area contributed by atoms with E-state index in [0.29, 0.717) is 0 Å². The summed E-state index contributed by atoms with van der Waals surface area (Å²) in [5, 5.41) is 0. The number of hydrogen-bond acceptors (Lipinski definition) is 2. The van der Waals surface area contributed by atoms with Gasteiger partial charge in [0.1, 0.15) is 0 Å². The number of hydrogen-bond donors (Lipinski definition) is 2. The summed E-state index contributed by atoms with van der Waals surface area (Å²) in [5.74, 6) is 6.41. The van der Waals surface area contributed by atoms with Crippen molar-refractivity contribution in [3.63, 3.8) is 0 Å². The van der Waals surface area contributed by atoms with Crippen LogP contribution in [0.3, 0.4) is 0 Å². The van der Waals surface area contributed by atoms with Crippen molar-refractivity contribution in [3.8, 4) is 0 Å². The topological polar surface area (TPSA) is 38.0 Å². The van der Waals surface area contributed by atoms with Crippen LogP contribution in [0.5, 0.6) is 0 Å². The second kappa shape index (κ2) is 7.14. The number of benzene rings is 1. The summed E-state index contributed by atoms with van der Waals surface area (Å²) in [6, 6.07) is 6.70. The normalized spacial score (nSPS) is 13.1. The smallest absolute Gasteiger partial charge is 0.0460 e. The Bertz CT molecular complexity index is 350. The van der Waals surface area contributed by atoms with Gasteiger partial charge in [-0.15, -0.1) is 0 Å². The van der Waals surface area contributed by atoms with Crippen LogP contribution in [0.1, 0.15) is 50.3 Å². The Morgan fingerprint density at radius 2 is 2.00 bits per heavy atom. The van der Waals surface area contributed by atoms with Crippen LogP contribution in [0.15, 0.2) is 22.7 Å². The lowest BCUT2D eigenvalue weighted by atomic mass is 9.98. The molecule has 1 atom stereocenters. The van der Waals surface area contributed by atoms with Crippen LogP contribution < -0.4 is 11.3 Å². The molecule has 0 heterocycles. The van der Waals surface area contributed by atoms with Crippen molar-refractivity contribution in [2.75, 3.05) is 0 Å². The molecule has 1 aromatic rings. The maximum atomic E-state index is 5.64. The zero-order chi connectivity index (χ0) is 12.8. The van der Waals surface area contributed by atoms with Crippen LogP contribution >= 0.6 is 15.9 Å². The molecule has 3 heteroatoms. The monoisotopic (exact) mass is 298 g/mol. The summed E-state index contributed by atoms with van der Waals surface area (Å²) in [7, 11) is 0. The van der Waals surface area contributed by atoms with Gasteiger partial charge in [-0.05, 0) is 36.5 Å². The van der Waals surface area contributed by atoms with E-state index in [0.717, 1.165) is 16.8 Å². The van der Waals surface area contributed by atoms with Gasteiger partial charge in [-0.25, -0.2) is 0 Å². The number of hydrazine groups is 1. The van der Waals surface area contributed by atoms with Crippen molar-refractivity contribution < 1.29 is 0 Å². The van der Waals surface area contributed by atoms with Gasteiger partial charge in [0.15, 0.2) is 0 Å². The van der Waals surface area contributed by atoms with E-state index in [2.05, 4.69) is 60.3 Å². The third-order valence-corrected chi connectivity index (χ3v) is 3.93. The molecule has 0 aromatic heterocycles. The Kier molecular flexibility index (Phi) is 6.17. The minimum Gasteiger partial charge on any atom is -0.271 e. The molecule has 0 amide bonds. The first-order chi connectivity index (χ1) is 8.04. The number of nitrogens with one attached hydrogen (secondary N) is 1. The molecule has 2 nitrogen and oxygen atoms in total. The predicted octanol–water partition coefficient (Wildman–Crippen LogP) is 4.09. The van der Waals surface area contributed by atoms with E-state index in [1.165, 1.54) is 24.0 Å². The van der Waals surface area contributed by atoms with E-state index in [4.69, 9.17) is 5.84 Å². The molecule has 0 saturated carbocycles. The minimum absolute atomic E-state index is 0.255. The van der Waals surface area contributed by atoms with Crippen molar-refractivity contribution in [3.05, 3.63) is 33.8 Å². The highest BCUT2D eigenvalue weighted by atomic mass is 79.9. The SMILES string of the molecule is Cc1ccc(C(CCCC(C)C)NN)cc1Br. The molecule has 0 bridgehead atoms. The summed E-state index contributed by atoms with van der Waals surface area (Å²) in [4.78, 5) is 0. The molecule has 0 spiro atoms. The van der Waals surface area contributed by atoms with Gasteiger partial charge in [0.2, 0.25) is 0 Å². The predicted molar refractivity (Wildman–Crippen MR) is 77.6 cm³/mol. The summed E-state index contributed by atoms with van der Waals surface area (Å²) >= 11 is 3.57. The van der Waals surface area contributed by atoms with Crippen LogP contribution in [0, 0.1) is 12.8 Å². The number of aryl methyl sites for hydroxylation is 1. The Labute approximate surface area is 113 Å². The van der Waals surface area contributed by atoms with Gasteiger partial charge in [0.05, 0.1) is 0 Å². The van der Waals surface area contributed by atoms with Gasteiger partial charge < -0.3 is 0 Å². The van der Waals surface area contributed by atoms with Crippen molar-refractivity contribution in [1.82, 2.24) is 5.43 Å². The van der Waals surface area contributed by atoms with E-state index in [1.807, 2.05) is 0 Å². The van der Waals surface area contributed by atoms with E-state index < -0.39 is 0 Å². The fourth-order valence-corrected chi connectivity index (χ4v) is 2.30. The lowest BCUT2D eigenvalue weighted by Gasteiger charge is -2.17. The van der Waals surface area contributed by atoms with Gasteiger partial charge in [-0.3, -0.25) is 11.3 Å².